The van der Waals surface area contributed by atoms with Crippen LogP contribution in [0.15, 0.2) is 36.5 Å². The number of hydrogen-bond donors (Lipinski definition) is 1. The van der Waals surface area contributed by atoms with Crippen molar-refractivity contribution in [1.29, 1.82) is 0 Å². The fourth-order valence-electron chi connectivity index (χ4n) is 8.24. The Morgan fingerprint density at radius 2 is 0.746 bits per heavy atom. The first-order valence-electron chi connectivity index (χ1n) is 27.4. The smallest absolute Gasteiger partial charge is 0.306 e. The summed E-state index contributed by atoms with van der Waals surface area (Å²) in [4.78, 5) is 37.7. The molecule has 0 radical (unpaired) electrons. The third-order valence-corrected chi connectivity index (χ3v) is 12.5. The number of rotatable bonds is 50. The fourth-order valence-corrected chi connectivity index (χ4v) is 8.24. The first-order chi connectivity index (χ1) is 31.0. The van der Waals surface area contributed by atoms with Crippen molar-refractivity contribution in [1.82, 2.24) is 0 Å². The molecule has 0 spiro atoms. The maximum atomic E-state index is 13.1. The van der Waals surface area contributed by atoms with Gasteiger partial charge in [0.25, 0.3) is 0 Å². The Morgan fingerprint density at radius 1 is 0.397 bits per heavy atom. The molecule has 6 nitrogen and oxygen atoms in total. The molecule has 0 fully saturated rings. The summed E-state index contributed by atoms with van der Waals surface area (Å²) in [5.74, 6) is 0.0839. The lowest BCUT2D eigenvalue weighted by Gasteiger charge is -2.15. The highest BCUT2D eigenvalue weighted by atomic mass is 16.6. The van der Waals surface area contributed by atoms with Gasteiger partial charge in [0.2, 0.25) is 0 Å². The molecule has 1 N–H and O–H groups in total. The van der Waals surface area contributed by atoms with Crippen LogP contribution in [-0.2, 0) is 23.9 Å². The Labute approximate surface area is 391 Å². The molecule has 2 atom stereocenters. The van der Waals surface area contributed by atoms with Crippen LogP contribution in [-0.4, -0.2) is 42.1 Å². The minimum Gasteiger partial charge on any atom is -0.462 e. The van der Waals surface area contributed by atoms with Gasteiger partial charge in [-0.3, -0.25) is 14.4 Å². The van der Waals surface area contributed by atoms with E-state index in [1.165, 1.54) is 148 Å². The lowest BCUT2D eigenvalue weighted by atomic mass is 9.89. The molecule has 0 aromatic heterocycles. The first-order valence-corrected chi connectivity index (χ1v) is 27.4. The average Bonchev–Trinajstić information content (AvgIpc) is 3.28. The second-order valence-corrected chi connectivity index (χ2v) is 18.7. The summed E-state index contributed by atoms with van der Waals surface area (Å²) >= 11 is 0. The Morgan fingerprint density at radius 3 is 1.17 bits per heavy atom. The highest BCUT2D eigenvalue weighted by Gasteiger charge is 2.17. The van der Waals surface area contributed by atoms with Crippen molar-refractivity contribution in [2.75, 3.05) is 13.2 Å². The summed E-state index contributed by atoms with van der Waals surface area (Å²) in [7, 11) is 0. The molecule has 0 saturated heterocycles. The van der Waals surface area contributed by atoms with Gasteiger partial charge < -0.3 is 14.6 Å². The molecule has 63 heavy (non-hydrogen) atoms. The van der Waals surface area contributed by atoms with E-state index in [9.17, 15) is 19.5 Å². The maximum Gasteiger partial charge on any atom is 0.306 e. The second-order valence-electron chi connectivity index (χ2n) is 18.7. The van der Waals surface area contributed by atoms with Gasteiger partial charge in [-0.1, -0.05) is 198 Å². The minimum absolute atomic E-state index is 0.0920. The van der Waals surface area contributed by atoms with Gasteiger partial charge in [-0.2, -0.15) is 0 Å². The standard InChI is InChI=1S/C57H104O6/c1-4-7-10-12-14-16-18-20-22-24-26-30-34-38-43-48-55(59)53(46-41-9-6-3)47-42-37-33-29-28-32-35-39-44-49-56(60)62-52-54(51-58)63-57(61)50-45-40-36-31-27-25-23-21-19-17-15-13-11-8-5-2/h20-23,33,37,53-54,58H,4-19,24-32,34-36,38-52H2,1-3H3. The molecular weight excluding hydrogens is 781 g/mol. The molecule has 0 bridgehead atoms. The largest absolute Gasteiger partial charge is 0.462 e. The van der Waals surface area contributed by atoms with E-state index in [4.69, 9.17) is 9.47 Å². The number of aliphatic hydroxyl groups is 1. The molecular formula is C57H104O6. The van der Waals surface area contributed by atoms with Gasteiger partial charge in [0.15, 0.2) is 6.10 Å². The van der Waals surface area contributed by atoms with Crippen molar-refractivity contribution in [3.63, 3.8) is 0 Å². The summed E-state index contributed by atoms with van der Waals surface area (Å²) in [6.45, 7) is 6.32. The number of aliphatic hydroxyl groups excluding tert-OH is 1. The van der Waals surface area contributed by atoms with Gasteiger partial charge >= 0.3 is 11.9 Å². The van der Waals surface area contributed by atoms with Gasteiger partial charge in [-0.05, 0) is 103 Å². The van der Waals surface area contributed by atoms with Crippen molar-refractivity contribution >= 4 is 17.7 Å². The lowest BCUT2D eigenvalue weighted by Crippen LogP contribution is -2.28. The number of carbonyl (C=O) groups is 3. The third kappa shape index (κ3) is 46.1. The van der Waals surface area contributed by atoms with Crippen LogP contribution in [0.1, 0.15) is 284 Å². The molecule has 0 aromatic carbocycles. The van der Waals surface area contributed by atoms with Crippen LogP contribution >= 0.6 is 0 Å². The molecule has 6 heteroatoms. The van der Waals surface area contributed by atoms with Crippen molar-refractivity contribution < 1.29 is 29.0 Å². The van der Waals surface area contributed by atoms with E-state index in [1.807, 2.05) is 0 Å². The van der Waals surface area contributed by atoms with Gasteiger partial charge in [0.1, 0.15) is 12.4 Å². The predicted octanol–water partition coefficient (Wildman–Crippen LogP) is 17.3. The van der Waals surface area contributed by atoms with E-state index in [2.05, 4.69) is 57.2 Å². The van der Waals surface area contributed by atoms with Gasteiger partial charge in [0, 0.05) is 25.2 Å². The number of Topliss-reactive ketones (excluding diaryl/α,β-unsaturated/α-hetero) is 1. The molecule has 0 aliphatic heterocycles. The molecule has 0 saturated carbocycles. The van der Waals surface area contributed by atoms with Crippen LogP contribution in [0.3, 0.4) is 0 Å². The topological polar surface area (TPSA) is 89.9 Å². The van der Waals surface area contributed by atoms with Crippen LogP contribution in [0.4, 0.5) is 0 Å². The molecule has 0 aliphatic rings. The third-order valence-electron chi connectivity index (χ3n) is 12.5. The van der Waals surface area contributed by atoms with E-state index >= 15 is 0 Å². The van der Waals surface area contributed by atoms with E-state index in [0.717, 1.165) is 103 Å². The Bertz CT molecular complexity index is 1080. The van der Waals surface area contributed by atoms with E-state index in [1.54, 1.807) is 0 Å². The number of unbranched alkanes of at least 4 members (excludes halogenated alkanes) is 29. The minimum atomic E-state index is -0.799. The Balaban J connectivity index is 3.90. The number of esters is 2. The van der Waals surface area contributed by atoms with Gasteiger partial charge in [0.05, 0.1) is 6.61 Å². The van der Waals surface area contributed by atoms with Crippen molar-refractivity contribution in [3.8, 4) is 0 Å². The zero-order chi connectivity index (χ0) is 45.9. The van der Waals surface area contributed by atoms with Crippen LogP contribution in [0.25, 0.3) is 0 Å². The van der Waals surface area contributed by atoms with Crippen LogP contribution in [0.2, 0.25) is 0 Å². The molecule has 0 rings (SSSR count). The summed E-state index contributed by atoms with van der Waals surface area (Å²) in [5, 5.41) is 9.65. The van der Waals surface area contributed by atoms with Gasteiger partial charge in [-0.25, -0.2) is 0 Å². The molecule has 0 aliphatic carbocycles. The molecule has 0 aromatic rings. The number of ketones is 1. The Kier molecular flexibility index (Phi) is 49.0. The van der Waals surface area contributed by atoms with Crippen molar-refractivity contribution in [2.24, 2.45) is 5.92 Å². The molecule has 0 heterocycles. The van der Waals surface area contributed by atoms with Crippen molar-refractivity contribution in [2.45, 2.75) is 290 Å². The molecule has 0 amide bonds. The average molecular weight is 885 g/mol. The van der Waals surface area contributed by atoms with E-state index in [0.29, 0.717) is 18.6 Å². The second kappa shape index (κ2) is 50.8. The summed E-state index contributed by atoms with van der Waals surface area (Å²) in [6, 6.07) is 0. The SMILES string of the molecule is CCCCCCCCC=CCCCCCCCC(=O)OC(CO)COC(=O)CCCCCCCC=CCCC(CCCCC)C(=O)CCCCCCCC=CCCCCCCCC. The summed E-state index contributed by atoms with van der Waals surface area (Å²) < 4.78 is 10.7. The lowest BCUT2D eigenvalue weighted by molar-refractivity contribution is -0.161. The van der Waals surface area contributed by atoms with E-state index < -0.39 is 6.10 Å². The normalized spacial score (nSPS) is 12.8. The van der Waals surface area contributed by atoms with Crippen LogP contribution in [0, 0.1) is 5.92 Å². The first kappa shape index (κ1) is 60.8. The molecule has 2 unspecified atom stereocenters. The van der Waals surface area contributed by atoms with Gasteiger partial charge in [-0.15, -0.1) is 0 Å². The highest BCUT2D eigenvalue weighted by Crippen LogP contribution is 2.21. The maximum absolute atomic E-state index is 13.1. The number of allylic oxidation sites excluding steroid dienone is 6. The van der Waals surface area contributed by atoms with E-state index in [-0.39, 0.29) is 31.1 Å². The van der Waals surface area contributed by atoms with Crippen LogP contribution < -0.4 is 0 Å². The molecule has 368 valence electrons. The quantitative estimate of drug-likeness (QED) is 0.0372. The predicted molar refractivity (Wildman–Crippen MR) is 270 cm³/mol. The number of ether oxygens (including phenoxy) is 2. The summed E-state index contributed by atoms with van der Waals surface area (Å²) in [6.07, 6.45) is 59.8. The number of carbonyl (C=O) groups excluding carboxylic acids is 3. The number of hydrogen-bond acceptors (Lipinski definition) is 6. The zero-order valence-corrected chi connectivity index (χ0v) is 42.0. The fraction of sp³-hybridized carbons (Fsp3) is 0.842. The highest BCUT2D eigenvalue weighted by molar-refractivity contribution is 5.80. The monoisotopic (exact) mass is 885 g/mol. The van der Waals surface area contributed by atoms with Crippen molar-refractivity contribution in [3.05, 3.63) is 36.5 Å². The Hall–Kier alpha value is -2.21. The van der Waals surface area contributed by atoms with Crippen LogP contribution in [0.5, 0.6) is 0 Å². The zero-order valence-electron chi connectivity index (χ0n) is 42.0. The summed E-state index contributed by atoms with van der Waals surface area (Å²) in [5.41, 5.74) is 0.